The second kappa shape index (κ2) is 4.15. The first-order valence-electron chi connectivity index (χ1n) is 6.35. The van der Waals surface area contributed by atoms with Crippen molar-refractivity contribution in [1.82, 2.24) is 9.88 Å². The van der Waals surface area contributed by atoms with Crippen LogP contribution in [0.25, 0.3) is 10.9 Å². The normalized spacial score (nSPS) is 22.3. The number of nitrogens with zero attached hydrogens (tertiary/aromatic N) is 2. The molecule has 2 aromatic rings. The molecular formula is C15H17N3. The van der Waals surface area contributed by atoms with Gasteiger partial charge in [0.2, 0.25) is 0 Å². The van der Waals surface area contributed by atoms with E-state index in [9.17, 15) is 0 Å². The van der Waals surface area contributed by atoms with Gasteiger partial charge in [-0.25, -0.2) is 0 Å². The largest absolute Gasteiger partial charge is 0.361 e. The van der Waals surface area contributed by atoms with E-state index in [1.165, 1.54) is 17.4 Å². The molecule has 1 aliphatic rings. The van der Waals surface area contributed by atoms with Gasteiger partial charge in [-0.3, -0.25) is 0 Å². The number of aromatic amines is 1. The van der Waals surface area contributed by atoms with E-state index in [-0.39, 0.29) is 0 Å². The maximum atomic E-state index is 8.98. The summed E-state index contributed by atoms with van der Waals surface area (Å²) in [6, 6.07) is 8.09. The lowest BCUT2D eigenvalue weighted by Crippen LogP contribution is -2.15. The Hall–Kier alpha value is -1.79. The molecule has 1 saturated carbocycles. The molecule has 0 spiro atoms. The van der Waals surface area contributed by atoms with Gasteiger partial charge in [0.15, 0.2) is 0 Å². The van der Waals surface area contributed by atoms with Gasteiger partial charge in [-0.1, -0.05) is 0 Å². The first kappa shape index (κ1) is 11.3. The SMILES string of the molecule is CN(C)C[C@@H]1C[C@@H]1c1c[nH]c2ccc(C#N)cc12. The minimum absolute atomic E-state index is 0.662. The van der Waals surface area contributed by atoms with E-state index in [1.54, 1.807) is 0 Å². The fourth-order valence-corrected chi connectivity index (χ4v) is 2.82. The van der Waals surface area contributed by atoms with Crippen molar-refractivity contribution >= 4 is 10.9 Å². The van der Waals surface area contributed by atoms with Crippen molar-refractivity contribution in [1.29, 1.82) is 5.26 Å². The van der Waals surface area contributed by atoms with E-state index in [0.717, 1.165) is 23.5 Å². The number of aromatic nitrogens is 1. The molecule has 0 radical (unpaired) electrons. The van der Waals surface area contributed by atoms with Crippen LogP contribution in [0.15, 0.2) is 24.4 Å². The Kier molecular flexibility index (Phi) is 2.61. The second-order valence-corrected chi connectivity index (χ2v) is 5.48. The number of rotatable bonds is 3. The Bertz CT molecular complexity index is 618. The molecule has 1 aromatic heterocycles. The highest BCUT2D eigenvalue weighted by Crippen LogP contribution is 2.49. The molecular weight excluding hydrogens is 222 g/mol. The van der Waals surface area contributed by atoms with Crippen LogP contribution in [0.3, 0.4) is 0 Å². The maximum absolute atomic E-state index is 8.98. The van der Waals surface area contributed by atoms with Gasteiger partial charge in [0, 0.05) is 23.6 Å². The fourth-order valence-electron chi connectivity index (χ4n) is 2.82. The molecule has 1 N–H and O–H groups in total. The van der Waals surface area contributed by atoms with Gasteiger partial charge in [0.05, 0.1) is 11.6 Å². The van der Waals surface area contributed by atoms with Gasteiger partial charge in [-0.2, -0.15) is 5.26 Å². The molecule has 92 valence electrons. The van der Waals surface area contributed by atoms with Crippen molar-refractivity contribution in [3.8, 4) is 6.07 Å². The van der Waals surface area contributed by atoms with Gasteiger partial charge in [-0.15, -0.1) is 0 Å². The average molecular weight is 239 g/mol. The lowest BCUT2D eigenvalue weighted by atomic mass is 10.1. The molecule has 3 rings (SSSR count). The highest BCUT2D eigenvalue weighted by molar-refractivity contribution is 5.85. The smallest absolute Gasteiger partial charge is 0.0991 e. The molecule has 1 heterocycles. The highest BCUT2D eigenvalue weighted by Gasteiger charge is 2.39. The van der Waals surface area contributed by atoms with Crippen LogP contribution in [-0.2, 0) is 0 Å². The second-order valence-electron chi connectivity index (χ2n) is 5.48. The minimum atomic E-state index is 0.662. The van der Waals surface area contributed by atoms with E-state index in [0.29, 0.717) is 5.92 Å². The topological polar surface area (TPSA) is 42.8 Å². The van der Waals surface area contributed by atoms with E-state index in [1.807, 2.05) is 18.2 Å². The maximum Gasteiger partial charge on any atom is 0.0991 e. The monoisotopic (exact) mass is 239 g/mol. The molecule has 1 aliphatic carbocycles. The third-order valence-corrected chi connectivity index (χ3v) is 3.76. The number of hydrogen-bond acceptors (Lipinski definition) is 2. The Labute approximate surface area is 107 Å². The number of nitrogens with one attached hydrogen (secondary N) is 1. The average Bonchev–Trinajstić information content (AvgIpc) is 2.97. The summed E-state index contributed by atoms with van der Waals surface area (Å²) in [5.74, 6) is 1.43. The van der Waals surface area contributed by atoms with Crippen LogP contribution in [-0.4, -0.2) is 30.5 Å². The molecule has 1 fully saturated rings. The third kappa shape index (κ3) is 1.89. The van der Waals surface area contributed by atoms with Crippen molar-refractivity contribution in [2.24, 2.45) is 5.92 Å². The number of benzene rings is 1. The molecule has 0 aliphatic heterocycles. The van der Waals surface area contributed by atoms with Gasteiger partial charge in [-0.05, 0) is 56.1 Å². The van der Waals surface area contributed by atoms with Crippen molar-refractivity contribution < 1.29 is 0 Å². The van der Waals surface area contributed by atoms with Crippen LogP contribution >= 0.6 is 0 Å². The van der Waals surface area contributed by atoms with Crippen molar-refractivity contribution in [2.45, 2.75) is 12.3 Å². The van der Waals surface area contributed by atoms with Gasteiger partial charge in [0.25, 0.3) is 0 Å². The van der Waals surface area contributed by atoms with Crippen LogP contribution in [0, 0.1) is 17.2 Å². The standard InChI is InChI=1S/C15H17N3/c1-18(2)9-11-6-12(11)14-8-17-15-4-3-10(7-16)5-13(14)15/h3-5,8,11-12,17H,6,9H2,1-2H3/t11-,12-/m0/s1. The van der Waals surface area contributed by atoms with E-state index >= 15 is 0 Å². The molecule has 3 heteroatoms. The third-order valence-electron chi connectivity index (χ3n) is 3.76. The van der Waals surface area contributed by atoms with Crippen LogP contribution in [0.5, 0.6) is 0 Å². The first-order chi connectivity index (χ1) is 8.69. The predicted octanol–water partition coefficient (Wildman–Crippen LogP) is 2.70. The fraction of sp³-hybridized carbons (Fsp3) is 0.400. The number of hydrogen-bond donors (Lipinski definition) is 1. The summed E-state index contributed by atoms with van der Waals surface area (Å²) in [4.78, 5) is 5.56. The van der Waals surface area contributed by atoms with Crippen molar-refractivity contribution in [3.63, 3.8) is 0 Å². The van der Waals surface area contributed by atoms with E-state index in [4.69, 9.17) is 5.26 Å². The molecule has 1 aromatic carbocycles. The lowest BCUT2D eigenvalue weighted by Gasteiger charge is -2.08. The van der Waals surface area contributed by atoms with Crippen LogP contribution in [0.1, 0.15) is 23.5 Å². The summed E-state index contributed by atoms with van der Waals surface area (Å²) in [6.07, 6.45) is 3.38. The van der Waals surface area contributed by atoms with Crippen LogP contribution in [0.4, 0.5) is 0 Å². The Balaban J connectivity index is 1.92. The summed E-state index contributed by atoms with van der Waals surface area (Å²) in [5.41, 5.74) is 3.27. The highest BCUT2D eigenvalue weighted by atomic mass is 15.1. The van der Waals surface area contributed by atoms with E-state index < -0.39 is 0 Å². The van der Waals surface area contributed by atoms with Crippen molar-refractivity contribution in [2.75, 3.05) is 20.6 Å². The molecule has 3 nitrogen and oxygen atoms in total. The molecule has 0 unspecified atom stereocenters. The summed E-state index contributed by atoms with van der Waals surface area (Å²) in [7, 11) is 4.25. The summed E-state index contributed by atoms with van der Waals surface area (Å²) in [6.45, 7) is 1.15. The first-order valence-corrected chi connectivity index (χ1v) is 6.35. The zero-order valence-electron chi connectivity index (χ0n) is 10.8. The van der Waals surface area contributed by atoms with Gasteiger partial charge >= 0.3 is 0 Å². The van der Waals surface area contributed by atoms with Crippen LogP contribution < -0.4 is 0 Å². The number of H-pyrrole nitrogens is 1. The quantitative estimate of drug-likeness (QED) is 0.894. The molecule has 0 amide bonds. The number of nitriles is 1. The van der Waals surface area contributed by atoms with Gasteiger partial charge in [0.1, 0.15) is 0 Å². The van der Waals surface area contributed by atoms with Crippen LogP contribution in [0.2, 0.25) is 0 Å². The molecule has 18 heavy (non-hydrogen) atoms. The Morgan fingerprint density at radius 3 is 3.00 bits per heavy atom. The Morgan fingerprint density at radius 1 is 1.44 bits per heavy atom. The number of fused-ring (bicyclic) bond motifs is 1. The molecule has 0 bridgehead atoms. The Morgan fingerprint density at radius 2 is 2.28 bits per heavy atom. The zero-order valence-corrected chi connectivity index (χ0v) is 10.8. The molecule has 2 atom stereocenters. The molecule has 0 saturated heterocycles. The predicted molar refractivity (Wildman–Crippen MR) is 72.4 cm³/mol. The summed E-state index contributed by atoms with van der Waals surface area (Å²) >= 11 is 0. The van der Waals surface area contributed by atoms with Crippen molar-refractivity contribution in [3.05, 3.63) is 35.5 Å². The summed E-state index contributed by atoms with van der Waals surface area (Å²) < 4.78 is 0. The lowest BCUT2D eigenvalue weighted by molar-refractivity contribution is 0.385. The van der Waals surface area contributed by atoms with E-state index in [2.05, 4.69) is 36.2 Å². The zero-order chi connectivity index (χ0) is 12.7. The minimum Gasteiger partial charge on any atom is -0.361 e. The summed E-state index contributed by atoms with van der Waals surface area (Å²) in [5, 5.41) is 10.2. The van der Waals surface area contributed by atoms with Gasteiger partial charge < -0.3 is 9.88 Å².